The van der Waals surface area contributed by atoms with Crippen LogP contribution in [-0.2, 0) is 4.79 Å². The molecule has 0 aromatic heterocycles. The lowest BCUT2D eigenvalue weighted by Gasteiger charge is -1.92. The normalized spacial score (nSPS) is 10.3. The van der Waals surface area contributed by atoms with E-state index in [4.69, 9.17) is 0 Å². The Hall–Kier alpha value is -1.44. The maximum absolute atomic E-state index is 12.7. The third kappa shape index (κ3) is 2.00. The smallest absolute Gasteiger partial charge is 0.142 e. The van der Waals surface area contributed by atoms with Gasteiger partial charge >= 0.3 is 0 Å². The SMILES string of the molecule is O=C/C=C\c1ccccc1F. The first-order chi connectivity index (χ1) is 5.34. The average Bonchev–Trinajstić information content (AvgIpc) is 2.03. The molecule has 0 amide bonds. The van der Waals surface area contributed by atoms with E-state index in [0.29, 0.717) is 11.8 Å². The van der Waals surface area contributed by atoms with Gasteiger partial charge in [-0.3, -0.25) is 4.79 Å². The van der Waals surface area contributed by atoms with Crippen molar-refractivity contribution in [1.82, 2.24) is 0 Å². The standard InChI is InChI=1S/C9H7FO/c10-9-6-2-1-4-8(9)5-3-7-11/h1-7H/b5-3-. The number of benzene rings is 1. The lowest BCUT2D eigenvalue weighted by atomic mass is 10.2. The van der Waals surface area contributed by atoms with Crippen LogP contribution in [0.5, 0.6) is 0 Å². The van der Waals surface area contributed by atoms with Crippen molar-refractivity contribution in [2.45, 2.75) is 0 Å². The van der Waals surface area contributed by atoms with Crippen molar-refractivity contribution in [2.24, 2.45) is 0 Å². The highest BCUT2D eigenvalue weighted by molar-refractivity contribution is 5.73. The number of carbonyl (C=O) groups is 1. The van der Waals surface area contributed by atoms with Gasteiger partial charge in [0.05, 0.1) is 0 Å². The molecule has 0 radical (unpaired) electrons. The van der Waals surface area contributed by atoms with Gasteiger partial charge in [0.15, 0.2) is 0 Å². The summed E-state index contributed by atoms with van der Waals surface area (Å²) < 4.78 is 12.7. The average molecular weight is 150 g/mol. The molecule has 0 bridgehead atoms. The molecule has 0 aliphatic heterocycles. The van der Waals surface area contributed by atoms with Crippen molar-refractivity contribution >= 4 is 12.4 Å². The van der Waals surface area contributed by atoms with Crippen molar-refractivity contribution in [1.29, 1.82) is 0 Å². The van der Waals surface area contributed by atoms with Gasteiger partial charge in [-0.05, 0) is 18.2 Å². The monoisotopic (exact) mass is 150 g/mol. The van der Waals surface area contributed by atoms with Crippen LogP contribution in [0.2, 0.25) is 0 Å². The highest BCUT2D eigenvalue weighted by Crippen LogP contribution is 2.07. The second kappa shape index (κ2) is 3.66. The van der Waals surface area contributed by atoms with E-state index in [1.807, 2.05) is 0 Å². The van der Waals surface area contributed by atoms with Crippen LogP contribution in [0, 0.1) is 5.82 Å². The van der Waals surface area contributed by atoms with E-state index < -0.39 is 0 Å². The molecule has 1 rings (SSSR count). The first-order valence-corrected chi connectivity index (χ1v) is 3.21. The van der Waals surface area contributed by atoms with Crippen LogP contribution < -0.4 is 0 Å². The molecule has 1 aromatic carbocycles. The number of carbonyl (C=O) groups excluding carboxylic acids is 1. The van der Waals surface area contributed by atoms with Crippen LogP contribution in [0.3, 0.4) is 0 Å². The third-order valence-corrected chi connectivity index (χ3v) is 1.26. The Morgan fingerprint density at radius 3 is 2.64 bits per heavy atom. The molecule has 0 atom stereocenters. The molecule has 0 aliphatic carbocycles. The van der Waals surface area contributed by atoms with Crippen molar-refractivity contribution in [3.63, 3.8) is 0 Å². The molecule has 0 saturated carbocycles. The fourth-order valence-electron chi connectivity index (χ4n) is 0.753. The summed E-state index contributed by atoms with van der Waals surface area (Å²) in [5, 5.41) is 0. The van der Waals surface area contributed by atoms with E-state index in [-0.39, 0.29) is 5.82 Å². The molecule has 0 aliphatic rings. The van der Waals surface area contributed by atoms with Crippen LogP contribution >= 0.6 is 0 Å². The zero-order valence-electron chi connectivity index (χ0n) is 5.83. The van der Waals surface area contributed by atoms with Gasteiger partial charge in [0, 0.05) is 5.56 Å². The maximum Gasteiger partial charge on any atom is 0.142 e. The quantitative estimate of drug-likeness (QED) is 0.465. The molecule has 0 N–H and O–H groups in total. The zero-order chi connectivity index (χ0) is 8.10. The molecule has 11 heavy (non-hydrogen) atoms. The Balaban J connectivity index is 2.94. The fourth-order valence-corrected chi connectivity index (χ4v) is 0.753. The number of halogens is 1. The molecular formula is C9H7FO. The number of hydrogen-bond donors (Lipinski definition) is 0. The maximum atomic E-state index is 12.7. The van der Waals surface area contributed by atoms with Crippen molar-refractivity contribution < 1.29 is 9.18 Å². The predicted octanol–water partition coefficient (Wildman–Crippen LogP) is 2.04. The molecule has 1 aromatic rings. The van der Waals surface area contributed by atoms with Crippen LogP contribution in [0.1, 0.15) is 5.56 Å². The van der Waals surface area contributed by atoms with Crippen LogP contribution in [-0.4, -0.2) is 6.29 Å². The molecular weight excluding hydrogens is 143 g/mol. The van der Waals surface area contributed by atoms with Crippen LogP contribution in [0.4, 0.5) is 4.39 Å². The molecule has 0 saturated heterocycles. The lowest BCUT2D eigenvalue weighted by Crippen LogP contribution is -1.78. The number of aldehydes is 1. The molecule has 0 heterocycles. The van der Waals surface area contributed by atoms with E-state index in [2.05, 4.69) is 0 Å². The van der Waals surface area contributed by atoms with Gasteiger partial charge in [-0.1, -0.05) is 18.2 Å². The van der Waals surface area contributed by atoms with E-state index in [1.54, 1.807) is 18.2 Å². The summed E-state index contributed by atoms with van der Waals surface area (Å²) in [6.45, 7) is 0. The van der Waals surface area contributed by atoms with Crippen LogP contribution in [0.25, 0.3) is 6.08 Å². The minimum atomic E-state index is -0.314. The molecule has 1 nitrogen and oxygen atoms in total. The Morgan fingerprint density at radius 2 is 2.00 bits per heavy atom. The summed E-state index contributed by atoms with van der Waals surface area (Å²) in [5.41, 5.74) is 0.430. The molecule has 2 heteroatoms. The molecule has 0 spiro atoms. The van der Waals surface area contributed by atoms with Gasteiger partial charge in [-0.2, -0.15) is 0 Å². The Bertz CT molecular complexity index is 279. The summed E-state index contributed by atoms with van der Waals surface area (Å²) in [6.07, 6.45) is 3.31. The first kappa shape index (κ1) is 7.66. The highest BCUT2D eigenvalue weighted by Gasteiger charge is 1.92. The van der Waals surface area contributed by atoms with Gasteiger partial charge in [0.25, 0.3) is 0 Å². The third-order valence-electron chi connectivity index (χ3n) is 1.26. The molecule has 0 fully saturated rings. The van der Waals surface area contributed by atoms with E-state index in [1.165, 1.54) is 18.2 Å². The van der Waals surface area contributed by atoms with E-state index >= 15 is 0 Å². The minimum Gasteiger partial charge on any atom is -0.299 e. The topological polar surface area (TPSA) is 17.1 Å². The van der Waals surface area contributed by atoms with Gasteiger partial charge in [0.1, 0.15) is 12.1 Å². The Kier molecular flexibility index (Phi) is 2.55. The predicted molar refractivity (Wildman–Crippen MR) is 41.5 cm³/mol. The summed E-state index contributed by atoms with van der Waals surface area (Å²) in [4.78, 5) is 9.88. The summed E-state index contributed by atoms with van der Waals surface area (Å²) in [6, 6.07) is 6.28. The Morgan fingerprint density at radius 1 is 1.27 bits per heavy atom. The first-order valence-electron chi connectivity index (χ1n) is 3.21. The van der Waals surface area contributed by atoms with Crippen molar-refractivity contribution in [2.75, 3.05) is 0 Å². The minimum absolute atomic E-state index is 0.314. The van der Waals surface area contributed by atoms with Crippen LogP contribution in [0.15, 0.2) is 30.3 Å². The van der Waals surface area contributed by atoms with Crippen molar-refractivity contribution in [3.05, 3.63) is 41.7 Å². The second-order valence-electron chi connectivity index (χ2n) is 2.02. The highest BCUT2D eigenvalue weighted by atomic mass is 19.1. The summed E-state index contributed by atoms with van der Waals surface area (Å²) in [7, 11) is 0. The van der Waals surface area contributed by atoms with Gasteiger partial charge in [-0.15, -0.1) is 0 Å². The van der Waals surface area contributed by atoms with Gasteiger partial charge in [-0.25, -0.2) is 4.39 Å². The van der Waals surface area contributed by atoms with Crippen molar-refractivity contribution in [3.8, 4) is 0 Å². The van der Waals surface area contributed by atoms with E-state index in [9.17, 15) is 9.18 Å². The molecule has 56 valence electrons. The number of allylic oxidation sites excluding steroid dienone is 1. The number of hydrogen-bond acceptors (Lipinski definition) is 1. The fraction of sp³-hybridized carbons (Fsp3) is 0. The largest absolute Gasteiger partial charge is 0.299 e. The zero-order valence-corrected chi connectivity index (χ0v) is 5.83. The van der Waals surface area contributed by atoms with E-state index in [0.717, 1.165) is 0 Å². The molecule has 0 unspecified atom stereocenters. The summed E-state index contributed by atoms with van der Waals surface area (Å²) in [5.74, 6) is -0.314. The van der Waals surface area contributed by atoms with Gasteiger partial charge in [0.2, 0.25) is 0 Å². The lowest BCUT2D eigenvalue weighted by molar-refractivity contribution is -0.104. The Labute approximate surface area is 64.2 Å². The second-order valence-corrected chi connectivity index (χ2v) is 2.02. The summed E-state index contributed by atoms with van der Waals surface area (Å²) >= 11 is 0. The van der Waals surface area contributed by atoms with Gasteiger partial charge < -0.3 is 0 Å². The number of rotatable bonds is 2.